The molecule has 0 atom stereocenters. The van der Waals surface area contributed by atoms with E-state index in [1.54, 1.807) is 6.07 Å². The largest absolute Gasteiger partial charge is 0.416 e. The summed E-state index contributed by atoms with van der Waals surface area (Å²) in [6.45, 7) is 0. The molecule has 2 amide bonds. The van der Waals surface area contributed by atoms with Gasteiger partial charge in [0.15, 0.2) is 0 Å². The Kier molecular flexibility index (Phi) is 6.38. The average molecular weight is 471 g/mol. The van der Waals surface area contributed by atoms with Gasteiger partial charge in [-0.25, -0.2) is 4.39 Å². The summed E-state index contributed by atoms with van der Waals surface area (Å²) in [4.78, 5) is 28.6. The van der Waals surface area contributed by atoms with Crippen molar-refractivity contribution in [1.29, 1.82) is 0 Å². The number of hydrogen-bond acceptors (Lipinski definition) is 3. The molecule has 0 aliphatic heterocycles. The van der Waals surface area contributed by atoms with Crippen LogP contribution < -0.4 is 10.6 Å². The molecule has 12 heteroatoms. The van der Waals surface area contributed by atoms with Crippen LogP contribution in [0.3, 0.4) is 0 Å². The maximum atomic E-state index is 13.7. The van der Waals surface area contributed by atoms with Gasteiger partial charge in [0.1, 0.15) is 11.5 Å². The lowest BCUT2D eigenvalue weighted by Gasteiger charge is -2.15. The van der Waals surface area contributed by atoms with E-state index in [2.05, 4.69) is 10.3 Å². The normalized spacial score (nSPS) is 11.7. The van der Waals surface area contributed by atoms with Crippen molar-refractivity contribution in [1.82, 2.24) is 4.98 Å². The number of aromatic nitrogens is 1. The minimum absolute atomic E-state index is 0.0354. The molecule has 0 bridgehead atoms. The summed E-state index contributed by atoms with van der Waals surface area (Å²) in [6, 6.07) is 7.48. The Morgan fingerprint density at radius 1 is 0.727 bits per heavy atom. The Hall–Kier alpha value is -3.96. The van der Waals surface area contributed by atoms with Crippen molar-refractivity contribution in [3.8, 4) is 0 Å². The highest BCUT2D eigenvalue weighted by molar-refractivity contribution is 6.09. The van der Waals surface area contributed by atoms with Gasteiger partial charge in [-0.2, -0.15) is 26.3 Å². The first-order valence-corrected chi connectivity index (χ1v) is 8.97. The third-order valence-corrected chi connectivity index (χ3v) is 4.23. The molecule has 2 N–H and O–H groups in total. The Balaban J connectivity index is 1.95. The van der Waals surface area contributed by atoms with Crippen molar-refractivity contribution in [2.24, 2.45) is 0 Å². The Morgan fingerprint density at radius 3 is 1.88 bits per heavy atom. The van der Waals surface area contributed by atoms with E-state index in [1.807, 2.05) is 5.32 Å². The molecule has 3 aromatic rings. The zero-order valence-electron chi connectivity index (χ0n) is 16.2. The Labute approximate surface area is 181 Å². The maximum absolute atomic E-state index is 13.7. The van der Waals surface area contributed by atoms with Gasteiger partial charge < -0.3 is 10.6 Å². The van der Waals surface area contributed by atoms with E-state index in [-0.39, 0.29) is 29.6 Å². The highest BCUT2D eigenvalue weighted by atomic mass is 19.4. The topological polar surface area (TPSA) is 71.1 Å². The number of alkyl halides is 6. The number of nitrogens with zero attached hydrogens (tertiary/aromatic N) is 1. The standard InChI is InChI=1S/C21H12F7N3O2/c22-14-4-5-15(30-19(33)16-3-1-2-6-29-16)17(10-14)31-18(32)11-7-12(20(23,24)25)9-13(8-11)21(26,27)28/h1-10H,(H,30,33)(H,31,32). The first-order valence-electron chi connectivity index (χ1n) is 8.97. The van der Waals surface area contributed by atoms with E-state index in [9.17, 15) is 40.3 Å². The molecule has 3 rings (SSSR count). The molecule has 2 aromatic carbocycles. The van der Waals surface area contributed by atoms with Crippen molar-refractivity contribution >= 4 is 23.2 Å². The van der Waals surface area contributed by atoms with Crippen LogP contribution in [0.5, 0.6) is 0 Å². The molecule has 1 aromatic heterocycles. The molecule has 0 saturated heterocycles. The van der Waals surface area contributed by atoms with Gasteiger partial charge in [-0.3, -0.25) is 14.6 Å². The summed E-state index contributed by atoms with van der Waals surface area (Å²) < 4.78 is 92.0. The summed E-state index contributed by atoms with van der Waals surface area (Å²) in [5, 5.41) is 4.37. The second kappa shape index (κ2) is 8.88. The molecule has 0 saturated carbocycles. The Bertz CT molecular complexity index is 1160. The molecular weight excluding hydrogens is 459 g/mol. The summed E-state index contributed by atoms with van der Waals surface area (Å²) in [7, 11) is 0. The van der Waals surface area contributed by atoms with Crippen molar-refractivity contribution in [3.05, 3.63) is 89.0 Å². The summed E-state index contributed by atoms with van der Waals surface area (Å²) >= 11 is 0. The molecule has 0 unspecified atom stereocenters. The highest BCUT2D eigenvalue weighted by Gasteiger charge is 2.37. The van der Waals surface area contributed by atoms with E-state index in [4.69, 9.17) is 0 Å². The zero-order valence-corrected chi connectivity index (χ0v) is 16.2. The first-order chi connectivity index (χ1) is 15.3. The van der Waals surface area contributed by atoms with Gasteiger partial charge in [-0.1, -0.05) is 6.07 Å². The Morgan fingerprint density at radius 2 is 1.33 bits per heavy atom. The lowest BCUT2D eigenvalue weighted by Crippen LogP contribution is -2.19. The van der Waals surface area contributed by atoms with Gasteiger partial charge in [0.25, 0.3) is 11.8 Å². The predicted molar refractivity (Wildman–Crippen MR) is 103 cm³/mol. The van der Waals surface area contributed by atoms with Gasteiger partial charge >= 0.3 is 12.4 Å². The molecule has 0 radical (unpaired) electrons. The fourth-order valence-corrected chi connectivity index (χ4v) is 2.69. The van der Waals surface area contributed by atoms with Gasteiger partial charge in [-0.05, 0) is 48.5 Å². The third-order valence-electron chi connectivity index (χ3n) is 4.23. The summed E-state index contributed by atoms with van der Waals surface area (Å²) in [6.07, 6.45) is -8.98. The molecule has 0 aliphatic carbocycles. The fraction of sp³-hybridized carbons (Fsp3) is 0.0952. The van der Waals surface area contributed by atoms with E-state index in [0.717, 1.165) is 18.2 Å². The monoisotopic (exact) mass is 471 g/mol. The van der Waals surface area contributed by atoms with Crippen LogP contribution in [0.2, 0.25) is 0 Å². The van der Waals surface area contributed by atoms with Crippen LogP contribution in [-0.4, -0.2) is 16.8 Å². The second-order valence-corrected chi connectivity index (χ2v) is 6.61. The summed E-state index contributed by atoms with van der Waals surface area (Å²) in [5.74, 6) is -3.03. The molecule has 1 heterocycles. The number of benzene rings is 2. The van der Waals surface area contributed by atoms with Crippen molar-refractivity contribution in [2.75, 3.05) is 10.6 Å². The maximum Gasteiger partial charge on any atom is 0.416 e. The SMILES string of the molecule is O=C(Nc1cc(F)ccc1NC(=O)c1ccccn1)c1cc(C(F)(F)F)cc(C(F)(F)F)c1. The van der Waals surface area contributed by atoms with Gasteiger partial charge in [0, 0.05) is 11.8 Å². The second-order valence-electron chi connectivity index (χ2n) is 6.61. The lowest BCUT2D eigenvalue weighted by molar-refractivity contribution is -0.143. The smallest absolute Gasteiger partial charge is 0.320 e. The van der Waals surface area contributed by atoms with Crippen LogP contribution in [0.25, 0.3) is 0 Å². The third kappa shape index (κ3) is 5.84. The number of rotatable bonds is 4. The quantitative estimate of drug-likeness (QED) is 0.475. The number of nitrogens with one attached hydrogen (secondary N) is 2. The number of hydrogen-bond donors (Lipinski definition) is 2. The minimum Gasteiger partial charge on any atom is -0.320 e. The van der Waals surface area contributed by atoms with Gasteiger partial charge in [0.2, 0.25) is 0 Å². The highest BCUT2D eigenvalue weighted by Crippen LogP contribution is 2.36. The van der Waals surface area contributed by atoms with Crippen molar-refractivity contribution in [2.45, 2.75) is 12.4 Å². The number of halogens is 7. The van der Waals surface area contributed by atoms with E-state index < -0.39 is 52.4 Å². The number of pyridine rings is 1. The van der Waals surface area contributed by atoms with E-state index >= 15 is 0 Å². The van der Waals surface area contributed by atoms with Gasteiger partial charge in [0.05, 0.1) is 22.5 Å². The number of anilines is 2. The fourth-order valence-electron chi connectivity index (χ4n) is 2.69. The molecule has 0 spiro atoms. The summed E-state index contributed by atoms with van der Waals surface area (Å²) in [5.41, 5.74) is -4.94. The molecule has 172 valence electrons. The zero-order chi connectivity index (χ0) is 24.4. The van der Waals surface area contributed by atoms with Crippen molar-refractivity contribution < 1.29 is 40.3 Å². The van der Waals surface area contributed by atoms with Crippen LogP contribution in [0.4, 0.5) is 42.1 Å². The van der Waals surface area contributed by atoms with Crippen LogP contribution in [0, 0.1) is 5.82 Å². The van der Waals surface area contributed by atoms with Crippen LogP contribution in [0.15, 0.2) is 60.8 Å². The van der Waals surface area contributed by atoms with Crippen LogP contribution in [-0.2, 0) is 12.4 Å². The molecule has 33 heavy (non-hydrogen) atoms. The average Bonchev–Trinajstić information content (AvgIpc) is 2.74. The minimum atomic E-state index is -5.16. The van der Waals surface area contributed by atoms with Crippen LogP contribution >= 0.6 is 0 Å². The number of amides is 2. The molecule has 0 fully saturated rings. The lowest BCUT2D eigenvalue weighted by atomic mass is 10.0. The molecule has 5 nitrogen and oxygen atoms in total. The number of carbonyl (C=O) groups is 2. The predicted octanol–water partition coefficient (Wildman–Crippen LogP) is 5.76. The van der Waals surface area contributed by atoms with Crippen LogP contribution in [0.1, 0.15) is 32.0 Å². The molecule has 0 aliphatic rings. The van der Waals surface area contributed by atoms with Crippen molar-refractivity contribution in [3.63, 3.8) is 0 Å². The molecular formula is C21H12F7N3O2. The number of carbonyl (C=O) groups excluding carboxylic acids is 2. The van der Waals surface area contributed by atoms with E-state index in [0.29, 0.717) is 0 Å². The van der Waals surface area contributed by atoms with Gasteiger partial charge in [-0.15, -0.1) is 0 Å². The van der Waals surface area contributed by atoms with E-state index in [1.165, 1.54) is 18.3 Å². The first kappa shape index (κ1) is 23.7.